The molecule has 3 aromatic rings. The molecular formula is C25H27ClF2N6O. The number of halogens is 3. The monoisotopic (exact) mass is 500 g/mol. The maximum Gasteiger partial charge on any atom is 0.169 e. The molecule has 2 saturated heterocycles. The number of aromatic nitrogens is 4. The minimum Gasteiger partial charge on any atom is -0.375 e. The molecule has 0 amide bonds. The molecular weight excluding hydrogens is 474 g/mol. The Balaban J connectivity index is 1.27. The maximum atomic E-state index is 14.9. The van der Waals surface area contributed by atoms with Crippen LogP contribution in [0, 0.1) is 12.7 Å². The van der Waals surface area contributed by atoms with Crippen LogP contribution in [0.5, 0.6) is 0 Å². The summed E-state index contributed by atoms with van der Waals surface area (Å²) in [5, 5.41) is 9.83. The lowest BCUT2D eigenvalue weighted by Gasteiger charge is -2.37. The Morgan fingerprint density at radius 3 is 2.63 bits per heavy atom. The van der Waals surface area contributed by atoms with Crippen molar-refractivity contribution in [3.8, 4) is 5.69 Å². The van der Waals surface area contributed by atoms with Gasteiger partial charge >= 0.3 is 0 Å². The van der Waals surface area contributed by atoms with Crippen molar-refractivity contribution in [1.29, 1.82) is 0 Å². The highest BCUT2D eigenvalue weighted by Gasteiger charge is 2.41. The van der Waals surface area contributed by atoms with E-state index in [0.29, 0.717) is 23.8 Å². The minimum atomic E-state index is -1.32. The number of benzene rings is 1. The third-order valence-corrected chi connectivity index (χ3v) is 7.45. The normalized spacial score (nSPS) is 20.2. The summed E-state index contributed by atoms with van der Waals surface area (Å²) in [7, 11) is 0. The van der Waals surface area contributed by atoms with Crippen LogP contribution in [0.25, 0.3) is 5.69 Å². The van der Waals surface area contributed by atoms with Crippen LogP contribution in [0.4, 0.5) is 14.6 Å². The number of rotatable bonds is 4. The molecule has 10 heteroatoms. The quantitative estimate of drug-likeness (QED) is 0.535. The van der Waals surface area contributed by atoms with Crippen LogP contribution in [0.1, 0.15) is 41.7 Å². The van der Waals surface area contributed by atoms with Crippen LogP contribution in [-0.2, 0) is 17.8 Å². The fraction of sp³-hybridized carbons (Fsp3) is 0.480. The van der Waals surface area contributed by atoms with Crippen LogP contribution in [0.3, 0.4) is 0 Å². The van der Waals surface area contributed by atoms with Crippen molar-refractivity contribution in [3.05, 3.63) is 64.1 Å². The lowest BCUT2D eigenvalue weighted by Crippen LogP contribution is -2.53. The zero-order valence-electron chi connectivity index (χ0n) is 19.6. The molecule has 0 spiro atoms. The molecule has 6 rings (SSSR count). The van der Waals surface area contributed by atoms with Gasteiger partial charge in [-0.1, -0.05) is 11.6 Å². The number of aryl methyl sites for hydroxylation is 1. The van der Waals surface area contributed by atoms with Gasteiger partial charge in [0.2, 0.25) is 0 Å². The van der Waals surface area contributed by atoms with Gasteiger partial charge in [0.1, 0.15) is 17.5 Å². The molecule has 0 unspecified atom stereocenters. The number of hydrogen-bond acceptors (Lipinski definition) is 6. The van der Waals surface area contributed by atoms with Gasteiger partial charge in [0.15, 0.2) is 11.5 Å². The molecule has 3 aliphatic rings. The highest BCUT2D eigenvalue weighted by molar-refractivity contribution is 6.30. The van der Waals surface area contributed by atoms with E-state index in [1.54, 1.807) is 13.0 Å². The van der Waals surface area contributed by atoms with Gasteiger partial charge in [0, 0.05) is 37.1 Å². The SMILES string of the molecule is Cc1nc(N2CCC(c3nnc4n3-c3ccc(Cl)cc3CN(CC3(F)COC3)C4)CC2)ccc1F. The van der Waals surface area contributed by atoms with Gasteiger partial charge in [0.25, 0.3) is 0 Å². The Morgan fingerprint density at radius 2 is 1.91 bits per heavy atom. The van der Waals surface area contributed by atoms with Gasteiger partial charge in [-0.25, -0.2) is 13.8 Å². The highest BCUT2D eigenvalue weighted by Crippen LogP contribution is 2.35. The van der Waals surface area contributed by atoms with E-state index in [0.717, 1.165) is 54.6 Å². The number of ether oxygens (including phenoxy) is 1. The zero-order chi connectivity index (χ0) is 24.2. The molecule has 184 valence electrons. The van der Waals surface area contributed by atoms with Crippen molar-refractivity contribution in [3.63, 3.8) is 0 Å². The third kappa shape index (κ3) is 4.30. The van der Waals surface area contributed by atoms with E-state index in [-0.39, 0.29) is 31.5 Å². The van der Waals surface area contributed by atoms with E-state index in [4.69, 9.17) is 16.3 Å². The Labute approximate surface area is 207 Å². The molecule has 0 aliphatic carbocycles. The smallest absolute Gasteiger partial charge is 0.169 e. The molecule has 0 radical (unpaired) electrons. The molecule has 0 N–H and O–H groups in total. The van der Waals surface area contributed by atoms with E-state index in [1.807, 2.05) is 18.2 Å². The van der Waals surface area contributed by atoms with Crippen LogP contribution < -0.4 is 4.90 Å². The average molecular weight is 501 g/mol. The zero-order valence-corrected chi connectivity index (χ0v) is 20.3. The summed E-state index contributed by atoms with van der Waals surface area (Å²) in [6.07, 6.45) is 1.77. The van der Waals surface area contributed by atoms with Crippen LogP contribution in [0.2, 0.25) is 5.02 Å². The second-order valence-corrected chi connectivity index (χ2v) is 10.3. The summed E-state index contributed by atoms with van der Waals surface area (Å²) in [6.45, 7) is 4.91. The van der Waals surface area contributed by atoms with E-state index in [9.17, 15) is 8.78 Å². The summed E-state index contributed by atoms with van der Waals surface area (Å²) < 4.78 is 35.8. The first-order chi connectivity index (χ1) is 16.9. The summed E-state index contributed by atoms with van der Waals surface area (Å²) in [6, 6.07) is 9.06. The van der Waals surface area contributed by atoms with Crippen molar-refractivity contribution in [2.24, 2.45) is 0 Å². The fourth-order valence-electron chi connectivity index (χ4n) is 5.36. The summed E-state index contributed by atoms with van der Waals surface area (Å²) >= 11 is 6.35. The van der Waals surface area contributed by atoms with Gasteiger partial charge in [-0.3, -0.25) is 9.47 Å². The molecule has 0 saturated carbocycles. The number of nitrogens with zero attached hydrogens (tertiary/aromatic N) is 6. The molecule has 35 heavy (non-hydrogen) atoms. The second kappa shape index (κ2) is 8.80. The summed E-state index contributed by atoms with van der Waals surface area (Å²) in [4.78, 5) is 8.68. The molecule has 2 fully saturated rings. The molecule has 0 atom stereocenters. The number of fused-ring (bicyclic) bond motifs is 3. The predicted octanol–water partition coefficient (Wildman–Crippen LogP) is 4.20. The minimum absolute atomic E-state index is 0.130. The predicted molar refractivity (Wildman–Crippen MR) is 128 cm³/mol. The van der Waals surface area contributed by atoms with E-state index < -0.39 is 5.67 Å². The summed E-state index contributed by atoms with van der Waals surface area (Å²) in [5.41, 5.74) is 1.12. The van der Waals surface area contributed by atoms with Gasteiger partial charge in [-0.05, 0) is 55.7 Å². The van der Waals surface area contributed by atoms with Crippen molar-refractivity contribution >= 4 is 17.4 Å². The Bertz CT molecular complexity index is 1250. The molecule has 1 aromatic carbocycles. The molecule has 5 heterocycles. The Kier molecular flexibility index (Phi) is 5.74. The molecule has 0 bridgehead atoms. The van der Waals surface area contributed by atoms with Crippen LogP contribution in [-0.4, -0.2) is 63.2 Å². The third-order valence-electron chi connectivity index (χ3n) is 7.22. The second-order valence-electron chi connectivity index (χ2n) is 9.87. The van der Waals surface area contributed by atoms with Crippen LogP contribution >= 0.6 is 11.6 Å². The van der Waals surface area contributed by atoms with E-state index in [2.05, 4.69) is 29.5 Å². The molecule has 3 aliphatic heterocycles. The van der Waals surface area contributed by atoms with Crippen LogP contribution in [0.15, 0.2) is 30.3 Å². The largest absolute Gasteiger partial charge is 0.375 e. The first-order valence-corrected chi connectivity index (χ1v) is 12.4. The first kappa shape index (κ1) is 22.8. The molecule has 2 aromatic heterocycles. The van der Waals surface area contributed by atoms with Crippen molar-refractivity contribution in [1.82, 2.24) is 24.6 Å². The van der Waals surface area contributed by atoms with E-state index in [1.165, 1.54) is 6.07 Å². The van der Waals surface area contributed by atoms with Crippen molar-refractivity contribution in [2.75, 3.05) is 37.7 Å². The average Bonchev–Trinajstić information content (AvgIpc) is 3.16. The number of hydrogen-bond donors (Lipinski definition) is 0. The Morgan fingerprint density at radius 1 is 1.11 bits per heavy atom. The van der Waals surface area contributed by atoms with Gasteiger partial charge in [0.05, 0.1) is 31.1 Å². The standard InChI is InChI=1S/C25H27ClF2N6O/c1-16-20(27)3-5-22(29-16)33-8-6-17(7-9-33)24-31-30-23-12-32(13-25(28)14-35-15-25)11-18-10-19(26)2-4-21(18)34(23)24/h2-5,10,17H,6-9,11-15H2,1H3. The molecule has 7 nitrogen and oxygen atoms in total. The highest BCUT2D eigenvalue weighted by atomic mass is 35.5. The number of alkyl halides is 1. The number of anilines is 1. The number of piperidine rings is 1. The van der Waals surface area contributed by atoms with Crippen molar-refractivity contribution in [2.45, 2.75) is 44.4 Å². The fourth-order valence-corrected chi connectivity index (χ4v) is 5.55. The van der Waals surface area contributed by atoms with Gasteiger partial charge in [-0.15, -0.1) is 10.2 Å². The van der Waals surface area contributed by atoms with Gasteiger partial charge < -0.3 is 9.64 Å². The van der Waals surface area contributed by atoms with Crippen molar-refractivity contribution < 1.29 is 13.5 Å². The number of pyridine rings is 1. The topological polar surface area (TPSA) is 59.3 Å². The lowest BCUT2D eigenvalue weighted by molar-refractivity contribution is -0.142. The Hall–Kier alpha value is -2.62. The lowest BCUT2D eigenvalue weighted by atomic mass is 9.95. The van der Waals surface area contributed by atoms with E-state index >= 15 is 0 Å². The van der Waals surface area contributed by atoms with Gasteiger partial charge in [-0.2, -0.15) is 0 Å². The maximum absolute atomic E-state index is 14.9. The summed E-state index contributed by atoms with van der Waals surface area (Å²) in [5.74, 6) is 2.47. The first-order valence-electron chi connectivity index (χ1n) is 12.0.